The summed E-state index contributed by atoms with van der Waals surface area (Å²) in [4.78, 5) is 0. The Hall–Kier alpha value is 1.44. The van der Waals surface area contributed by atoms with Crippen molar-refractivity contribution in [1.29, 1.82) is 0 Å². The maximum absolute atomic E-state index is 3.73. The van der Waals surface area contributed by atoms with Crippen molar-refractivity contribution in [3.8, 4) is 0 Å². The van der Waals surface area contributed by atoms with Crippen molar-refractivity contribution in [3.63, 3.8) is 0 Å². The summed E-state index contributed by atoms with van der Waals surface area (Å²) in [5, 5.41) is 0. The van der Waals surface area contributed by atoms with Crippen molar-refractivity contribution in [2.45, 2.75) is 21.4 Å². The molecule has 0 amide bonds. The van der Waals surface area contributed by atoms with Crippen LogP contribution in [0.1, 0.15) is 19.3 Å². The Bertz CT molecular complexity index is 55.2. The van der Waals surface area contributed by atoms with E-state index in [1.807, 2.05) is 0 Å². The lowest BCUT2D eigenvalue weighted by molar-refractivity contribution is 0.797. The largest absolute Gasteiger partial charge is 0.135 e. The molecule has 3 heteroatoms. The fourth-order valence-corrected chi connectivity index (χ4v) is 1.17. The van der Waals surface area contributed by atoms with E-state index in [1.165, 1.54) is 0 Å². The summed E-state index contributed by atoms with van der Waals surface area (Å²) >= 11 is 10.2. The summed E-state index contributed by atoms with van der Waals surface area (Å²) in [5.74, 6) is 0. The third-order valence-corrected chi connectivity index (χ3v) is 1.90. The van der Waals surface area contributed by atoms with Crippen LogP contribution in [-0.2, 0) is 0 Å². The molecule has 0 saturated heterocycles. The molecule has 1 radical (unpaired) electrons. The molecular formula is C5H8Br3. The number of unbranched alkanes of at least 4 members (excludes halogenated alkanes) is 1. The van der Waals surface area contributed by atoms with Crippen molar-refractivity contribution in [2.75, 3.05) is 0 Å². The molecule has 0 N–H and O–H groups in total. The van der Waals surface area contributed by atoms with Gasteiger partial charge in [0.2, 0.25) is 0 Å². The molecular weight excluding hydrogens is 300 g/mol. The monoisotopic (exact) mass is 305 g/mol. The predicted molar refractivity (Wildman–Crippen MR) is 48.7 cm³/mol. The minimum absolute atomic E-state index is 0.0509. The average molecular weight is 308 g/mol. The van der Waals surface area contributed by atoms with E-state index < -0.39 is 0 Å². The number of halogens is 3. The van der Waals surface area contributed by atoms with Gasteiger partial charge in [-0.25, -0.2) is 0 Å². The van der Waals surface area contributed by atoms with Crippen molar-refractivity contribution < 1.29 is 0 Å². The van der Waals surface area contributed by atoms with Crippen LogP contribution in [-0.4, -0.2) is 2.14 Å². The summed E-state index contributed by atoms with van der Waals surface area (Å²) in [7, 11) is 0. The van der Waals surface area contributed by atoms with Crippen LogP contribution in [0.2, 0.25) is 0 Å². The van der Waals surface area contributed by atoms with Crippen LogP contribution in [0, 0.1) is 6.92 Å². The molecule has 0 aliphatic carbocycles. The average Bonchev–Trinajstić information content (AvgIpc) is 1.59. The summed E-state index contributed by atoms with van der Waals surface area (Å²) in [6, 6.07) is 0. The highest BCUT2D eigenvalue weighted by molar-refractivity contribution is 9.39. The van der Waals surface area contributed by atoms with E-state index in [0.717, 1.165) is 19.3 Å². The van der Waals surface area contributed by atoms with Crippen molar-refractivity contribution in [1.82, 2.24) is 0 Å². The van der Waals surface area contributed by atoms with Gasteiger partial charge in [-0.1, -0.05) is 67.6 Å². The Kier molecular flexibility index (Phi) is 5.06. The second-order valence-corrected chi connectivity index (χ2v) is 8.83. The Morgan fingerprint density at radius 2 is 1.75 bits per heavy atom. The normalized spacial score (nSPS) is 12.0. The van der Waals surface area contributed by atoms with Crippen molar-refractivity contribution in [3.05, 3.63) is 6.92 Å². The van der Waals surface area contributed by atoms with E-state index >= 15 is 0 Å². The summed E-state index contributed by atoms with van der Waals surface area (Å²) in [6.45, 7) is 3.73. The lowest BCUT2D eigenvalue weighted by Crippen LogP contribution is -1.96. The topological polar surface area (TPSA) is 0 Å². The van der Waals surface area contributed by atoms with Crippen LogP contribution in [0.15, 0.2) is 0 Å². The second-order valence-electron chi connectivity index (χ2n) is 1.57. The zero-order chi connectivity index (χ0) is 6.62. The predicted octanol–water partition coefficient (Wildman–Crippen LogP) is 3.83. The minimum atomic E-state index is -0.0509. The van der Waals surface area contributed by atoms with Gasteiger partial charge < -0.3 is 0 Å². The van der Waals surface area contributed by atoms with Gasteiger partial charge in [0.05, 0.1) is 0 Å². The van der Waals surface area contributed by atoms with Gasteiger partial charge in [0, 0.05) is 0 Å². The fraction of sp³-hybridized carbons (Fsp3) is 0.800. The summed E-state index contributed by atoms with van der Waals surface area (Å²) in [5.41, 5.74) is 0. The fourth-order valence-electron chi connectivity index (χ4n) is 0.325. The van der Waals surface area contributed by atoms with Crippen LogP contribution < -0.4 is 0 Å². The maximum atomic E-state index is 3.73. The van der Waals surface area contributed by atoms with Gasteiger partial charge in [-0.3, -0.25) is 0 Å². The van der Waals surface area contributed by atoms with E-state index in [-0.39, 0.29) is 2.14 Å². The Morgan fingerprint density at radius 1 is 1.25 bits per heavy atom. The highest BCUT2D eigenvalue weighted by atomic mass is 80.0. The Labute approximate surface area is 75.8 Å². The molecule has 0 saturated carbocycles. The van der Waals surface area contributed by atoms with E-state index in [2.05, 4.69) is 54.7 Å². The smallest absolute Gasteiger partial charge is 0.0599 e. The van der Waals surface area contributed by atoms with Crippen molar-refractivity contribution >= 4 is 47.8 Å². The second kappa shape index (κ2) is 4.29. The van der Waals surface area contributed by atoms with Crippen LogP contribution >= 0.6 is 47.8 Å². The first-order chi connectivity index (χ1) is 3.56. The quantitative estimate of drug-likeness (QED) is 0.680. The lowest BCUT2D eigenvalue weighted by Gasteiger charge is -2.09. The van der Waals surface area contributed by atoms with E-state index in [0.29, 0.717) is 0 Å². The molecule has 49 valence electrons. The number of hydrogen-bond donors (Lipinski definition) is 0. The first-order valence-electron chi connectivity index (χ1n) is 2.42. The first kappa shape index (κ1) is 9.44. The molecule has 0 aliphatic heterocycles. The number of alkyl halides is 3. The zero-order valence-electron chi connectivity index (χ0n) is 4.46. The molecule has 0 heterocycles. The lowest BCUT2D eigenvalue weighted by atomic mass is 10.3. The third kappa shape index (κ3) is 7.44. The van der Waals surface area contributed by atoms with Gasteiger partial charge in [-0.15, -0.1) is 0 Å². The molecule has 0 rings (SSSR count). The number of rotatable bonds is 2. The summed E-state index contributed by atoms with van der Waals surface area (Å²) < 4.78 is -0.0509. The van der Waals surface area contributed by atoms with Crippen LogP contribution in [0.25, 0.3) is 0 Å². The summed E-state index contributed by atoms with van der Waals surface area (Å²) in [6.07, 6.45) is 3.17. The van der Waals surface area contributed by atoms with Gasteiger partial charge in [0.25, 0.3) is 0 Å². The zero-order valence-corrected chi connectivity index (χ0v) is 9.22. The molecule has 0 aromatic carbocycles. The highest BCUT2D eigenvalue weighted by Crippen LogP contribution is 2.38. The van der Waals surface area contributed by atoms with Crippen LogP contribution in [0.4, 0.5) is 0 Å². The first-order valence-corrected chi connectivity index (χ1v) is 4.80. The molecule has 0 aromatic rings. The minimum Gasteiger partial charge on any atom is -0.0599 e. The van der Waals surface area contributed by atoms with Gasteiger partial charge in [-0.05, 0) is 6.42 Å². The molecule has 0 fully saturated rings. The third-order valence-electron chi connectivity index (χ3n) is 0.710. The van der Waals surface area contributed by atoms with Gasteiger partial charge in [0.15, 0.2) is 0 Å². The standard InChI is InChI=1S/C5H8Br3/c1-2-3-4-5(6,7)8/h1-4H2. The molecule has 0 spiro atoms. The maximum Gasteiger partial charge on any atom is 0.135 e. The number of hydrogen-bond acceptors (Lipinski definition) is 0. The van der Waals surface area contributed by atoms with Gasteiger partial charge in [0.1, 0.15) is 2.14 Å². The molecule has 8 heavy (non-hydrogen) atoms. The van der Waals surface area contributed by atoms with Gasteiger partial charge in [-0.2, -0.15) is 0 Å². The van der Waals surface area contributed by atoms with E-state index in [4.69, 9.17) is 0 Å². The van der Waals surface area contributed by atoms with Gasteiger partial charge >= 0.3 is 0 Å². The van der Waals surface area contributed by atoms with E-state index in [9.17, 15) is 0 Å². The molecule has 0 atom stereocenters. The SMILES string of the molecule is [CH2]CCCC(Br)(Br)Br. The Balaban J connectivity index is 3.11. The van der Waals surface area contributed by atoms with Crippen LogP contribution in [0.3, 0.4) is 0 Å². The molecule has 0 unspecified atom stereocenters. The van der Waals surface area contributed by atoms with Crippen molar-refractivity contribution in [2.24, 2.45) is 0 Å². The molecule has 0 aliphatic rings. The molecule has 0 nitrogen and oxygen atoms in total. The van der Waals surface area contributed by atoms with Crippen LogP contribution in [0.5, 0.6) is 0 Å². The Morgan fingerprint density at radius 3 is 1.88 bits per heavy atom. The molecule has 0 bridgehead atoms. The molecule has 0 aromatic heterocycles. The highest BCUT2D eigenvalue weighted by Gasteiger charge is 2.15. The van der Waals surface area contributed by atoms with E-state index in [1.54, 1.807) is 0 Å².